The van der Waals surface area contributed by atoms with Crippen LogP contribution < -0.4 is 15.1 Å². The summed E-state index contributed by atoms with van der Waals surface area (Å²) in [7, 11) is 3.88. The number of carbonyl (C=O) groups is 1. The Kier molecular flexibility index (Phi) is 3.42. The Morgan fingerprint density at radius 2 is 2.04 bits per heavy atom. The van der Waals surface area contributed by atoms with Gasteiger partial charge in [0.15, 0.2) is 0 Å². The van der Waals surface area contributed by atoms with Gasteiger partial charge < -0.3 is 15.1 Å². The van der Waals surface area contributed by atoms with Gasteiger partial charge in [0.1, 0.15) is 11.6 Å². The van der Waals surface area contributed by atoms with Gasteiger partial charge in [-0.1, -0.05) is 0 Å². The highest BCUT2D eigenvalue weighted by Gasteiger charge is 2.52. The number of aromatic nitrogens is 3. The standard InChI is InChI=1S/C18H22N6O/c1-11-7-16(22-17(20-11)23(3)4)24-10-18(5-6-18)13-9-19-15(8-14(13)24)21-12(2)25/h7-9H,5-6,10H2,1-4H3,(H,19,21,25). The highest BCUT2D eigenvalue weighted by atomic mass is 16.1. The number of carbonyl (C=O) groups excluding carboxylic acids is 1. The van der Waals surface area contributed by atoms with E-state index in [1.807, 2.05) is 44.2 Å². The SMILES string of the molecule is CC(=O)Nc1cc2c(cn1)C1(CC1)CN2c1cc(C)nc(N(C)C)n1. The fourth-order valence-electron chi connectivity index (χ4n) is 3.46. The van der Waals surface area contributed by atoms with E-state index in [1.54, 1.807) is 0 Å². The zero-order valence-corrected chi connectivity index (χ0v) is 15.0. The predicted molar refractivity (Wildman–Crippen MR) is 97.6 cm³/mol. The first kappa shape index (κ1) is 15.8. The van der Waals surface area contributed by atoms with Gasteiger partial charge in [0, 0.05) is 62.6 Å². The Morgan fingerprint density at radius 3 is 2.68 bits per heavy atom. The summed E-state index contributed by atoms with van der Waals surface area (Å²) in [6.07, 6.45) is 4.25. The van der Waals surface area contributed by atoms with Crippen molar-refractivity contribution in [3.63, 3.8) is 0 Å². The Morgan fingerprint density at radius 1 is 1.28 bits per heavy atom. The molecule has 3 heterocycles. The van der Waals surface area contributed by atoms with Crippen molar-refractivity contribution in [2.75, 3.05) is 35.8 Å². The van der Waals surface area contributed by atoms with Crippen LogP contribution >= 0.6 is 0 Å². The van der Waals surface area contributed by atoms with Crippen molar-refractivity contribution in [3.8, 4) is 0 Å². The number of rotatable bonds is 3. The molecule has 0 atom stereocenters. The lowest BCUT2D eigenvalue weighted by atomic mass is 10.0. The highest BCUT2D eigenvalue weighted by Crippen LogP contribution is 2.58. The Balaban J connectivity index is 1.79. The molecular formula is C18H22N6O. The summed E-state index contributed by atoms with van der Waals surface area (Å²) >= 11 is 0. The fourth-order valence-corrected chi connectivity index (χ4v) is 3.46. The number of amides is 1. The van der Waals surface area contributed by atoms with E-state index in [-0.39, 0.29) is 11.3 Å². The van der Waals surface area contributed by atoms with Crippen LogP contribution in [-0.4, -0.2) is 41.5 Å². The second-order valence-electron chi connectivity index (χ2n) is 7.20. The van der Waals surface area contributed by atoms with Gasteiger partial charge in [0.25, 0.3) is 0 Å². The molecule has 2 aliphatic rings. The molecule has 0 radical (unpaired) electrons. The van der Waals surface area contributed by atoms with Gasteiger partial charge in [0.2, 0.25) is 11.9 Å². The van der Waals surface area contributed by atoms with Gasteiger partial charge in [-0.05, 0) is 19.8 Å². The number of nitrogens with one attached hydrogen (secondary N) is 1. The molecule has 7 heteroatoms. The largest absolute Gasteiger partial charge is 0.347 e. The van der Waals surface area contributed by atoms with E-state index in [1.165, 1.54) is 25.3 Å². The van der Waals surface area contributed by atoms with Crippen LogP contribution in [0.5, 0.6) is 0 Å². The molecule has 0 unspecified atom stereocenters. The van der Waals surface area contributed by atoms with Gasteiger partial charge in [-0.3, -0.25) is 4.79 Å². The van der Waals surface area contributed by atoms with Crippen molar-refractivity contribution in [1.29, 1.82) is 0 Å². The van der Waals surface area contributed by atoms with Crippen LogP contribution in [0.4, 0.5) is 23.3 Å². The van der Waals surface area contributed by atoms with Crippen molar-refractivity contribution in [2.45, 2.75) is 32.1 Å². The van der Waals surface area contributed by atoms with Crippen molar-refractivity contribution in [3.05, 3.63) is 29.6 Å². The molecule has 0 bridgehead atoms. The zero-order chi connectivity index (χ0) is 17.8. The second kappa shape index (κ2) is 5.40. The minimum atomic E-state index is -0.120. The molecule has 7 nitrogen and oxygen atoms in total. The third-order valence-corrected chi connectivity index (χ3v) is 4.87. The Hall–Kier alpha value is -2.70. The molecule has 1 saturated carbocycles. The van der Waals surface area contributed by atoms with E-state index in [2.05, 4.69) is 20.2 Å². The molecule has 4 rings (SSSR count). The molecule has 1 spiro atoms. The van der Waals surface area contributed by atoms with E-state index in [4.69, 9.17) is 4.98 Å². The highest BCUT2D eigenvalue weighted by molar-refractivity contribution is 5.89. The first-order valence-electron chi connectivity index (χ1n) is 8.47. The quantitative estimate of drug-likeness (QED) is 0.926. The normalized spacial score (nSPS) is 16.7. The number of anilines is 4. The molecule has 1 fully saturated rings. The van der Waals surface area contributed by atoms with Crippen molar-refractivity contribution in [2.24, 2.45) is 0 Å². The minimum Gasteiger partial charge on any atom is -0.347 e. The van der Waals surface area contributed by atoms with Crippen molar-refractivity contribution >= 4 is 29.2 Å². The maximum absolute atomic E-state index is 11.4. The average Bonchev–Trinajstić information content (AvgIpc) is 3.24. The summed E-state index contributed by atoms with van der Waals surface area (Å²) in [6.45, 7) is 4.38. The number of pyridine rings is 1. The molecular weight excluding hydrogens is 316 g/mol. The fraction of sp³-hybridized carbons (Fsp3) is 0.444. The molecule has 1 amide bonds. The van der Waals surface area contributed by atoms with Gasteiger partial charge in [-0.2, -0.15) is 4.98 Å². The molecule has 25 heavy (non-hydrogen) atoms. The molecule has 1 aliphatic heterocycles. The summed E-state index contributed by atoms with van der Waals surface area (Å²) < 4.78 is 0. The van der Waals surface area contributed by atoms with E-state index < -0.39 is 0 Å². The molecule has 0 saturated heterocycles. The van der Waals surface area contributed by atoms with E-state index in [0.717, 1.165) is 23.7 Å². The smallest absolute Gasteiger partial charge is 0.227 e. The average molecular weight is 338 g/mol. The van der Waals surface area contributed by atoms with Crippen LogP contribution in [0.15, 0.2) is 18.3 Å². The number of hydrogen-bond acceptors (Lipinski definition) is 6. The molecule has 2 aromatic rings. The lowest BCUT2D eigenvalue weighted by molar-refractivity contribution is -0.114. The van der Waals surface area contributed by atoms with Crippen LogP contribution in [0.2, 0.25) is 0 Å². The summed E-state index contributed by atoms with van der Waals surface area (Å²) in [5, 5.41) is 2.78. The van der Waals surface area contributed by atoms with Crippen molar-refractivity contribution < 1.29 is 4.79 Å². The number of aryl methyl sites for hydroxylation is 1. The Labute approximate surface area is 147 Å². The summed E-state index contributed by atoms with van der Waals surface area (Å²) in [5.74, 6) is 2.05. The molecule has 130 valence electrons. The van der Waals surface area contributed by atoms with Crippen LogP contribution in [0, 0.1) is 6.92 Å². The molecule has 1 aliphatic carbocycles. The number of hydrogen-bond donors (Lipinski definition) is 1. The third-order valence-electron chi connectivity index (χ3n) is 4.87. The van der Waals surface area contributed by atoms with Crippen LogP contribution in [0.25, 0.3) is 0 Å². The van der Waals surface area contributed by atoms with E-state index >= 15 is 0 Å². The van der Waals surface area contributed by atoms with Crippen LogP contribution in [0.1, 0.15) is 31.0 Å². The maximum atomic E-state index is 11.4. The maximum Gasteiger partial charge on any atom is 0.227 e. The van der Waals surface area contributed by atoms with Gasteiger partial charge in [-0.15, -0.1) is 0 Å². The van der Waals surface area contributed by atoms with E-state index in [9.17, 15) is 4.79 Å². The summed E-state index contributed by atoms with van der Waals surface area (Å²) in [5.41, 5.74) is 3.46. The van der Waals surface area contributed by atoms with Gasteiger partial charge >= 0.3 is 0 Å². The van der Waals surface area contributed by atoms with Gasteiger partial charge in [0.05, 0.1) is 5.69 Å². The summed E-state index contributed by atoms with van der Waals surface area (Å²) in [4.78, 5) is 29.2. The Bertz CT molecular complexity index is 859. The monoisotopic (exact) mass is 338 g/mol. The lowest BCUT2D eigenvalue weighted by Gasteiger charge is -2.21. The lowest BCUT2D eigenvalue weighted by Crippen LogP contribution is -2.22. The summed E-state index contributed by atoms with van der Waals surface area (Å²) in [6, 6.07) is 3.97. The first-order chi connectivity index (χ1) is 11.9. The first-order valence-corrected chi connectivity index (χ1v) is 8.47. The predicted octanol–water partition coefficient (Wildman–Crippen LogP) is 2.39. The number of nitrogens with zero attached hydrogens (tertiary/aromatic N) is 5. The van der Waals surface area contributed by atoms with Crippen LogP contribution in [0.3, 0.4) is 0 Å². The molecule has 2 aromatic heterocycles. The van der Waals surface area contributed by atoms with Crippen LogP contribution in [-0.2, 0) is 10.2 Å². The zero-order valence-electron chi connectivity index (χ0n) is 15.0. The van der Waals surface area contributed by atoms with Crippen molar-refractivity contribution in [1.82, 2.24) is 15.0 Å². The molecule has 0 aromatic carbocycles. The topological polar surface area (TPSA) is 74.2 Å². The second-order valence-corrected chi connectivity index (χ2v) is 7.20. The minimum absolute atomic E-state index is 0.120. The molecule has 1 N–H and O–H groups in total. The van der Waals surface area contributed by atoms with Gasteiger partial charge in [-0.25, -0.2) is 9.97 Å². The van der Waals surface area contributed by atoms with E-state index in [0.29, 0.717) is 11.8 Å². The third kappa shape index (κ3) is 2.69. The number of fused-ring (bicyclic) bond motifs is 2.